The minimum absolute atomic E-state index is 1.02. The normalized spacial score (nSPS) is 38.8. The summed E-state index contributed by atoms with van der Waals surface area (Å²) in [5, 5.41) is 3.45. The van der Waals surface area contributed by atoms with Gasteiger partial charge in [-0.2, -0.15) is 0 Å². The fourth-order valence-electron chi connectivity index (χ4n) is 3.15. The Hall–Kier alpha value is -0.0400. The first kappa shape index (κ1) is 8.55. The van der Waals surface area contributed by atoms with Crippen LogP contribution in [0.4, 0.5) is 0 Å². The molecule has 2 rings (SSSR count). The molecule has 70 valence electrons. The standard InChI is InChI=1S/C11H21N/c1-9-3-2-4-11(9)10-5-7-12-8-6-10/h9-12H,2-8H2,1H3. The van der Waals surface area contributed by atoms with Crippen molar-refractivity contribution in [2.45, 2.75) is 39.0 Å². The topological polar surface area (TPSA) is 12.0 Å². The zero-order valence-electron chi connectivity index (χ0n) is 8.18. The van der Waals surface area contributed by atoms with E-state index in [2.05, 4.69) is 12.2 Å². The average Bonchev–Trinajstić information content (AvgIpc) is 2.53. The first-order chi connectivity index (χ1) is 5.88. The van der Waals surface area contributed by atoms with Crippen molar-refractivity contribution in [2.24, 2.45) is 17.8 Å². The smallest absolute Gasteiger partial charge is 0.00462 e. The first-order valence-corrected chi connectivity index (χ1v) is 5.58. The highest BCUT2D eigenvalue weighted by Gasteiger charge is 2.31. The molecule has 0 spiro atoms. The van der Waals surface area contributed by atoms with Crippen LogP contribution < -0.4 is 5.32 Å². The second-order valence-corrected chi connectivity index (χ2v) is 4.66. The molecule has 1 N–H and O–H groups in total. The van der Waals surface area contributed by atoms with Gasteiger partial charge in [-0.3, -0.25) is 0 Å². The molecule has 1 aliphatic heterocycles. The molecular formula is C11H21N. The molecule has 12 heavy (non-hydrogen) atoms. The summed E-state index contributed by atoms with van der Waals surface area (Å²) < 4.78 is 0. The Bertz CT molecular complexity index is 138. The lowest BCUT2D eigenvalue weighted by molar-refractivity contribution is 0.220. The number of hydrogen-bond acceptors (Lipinski definition) is 1. The van der Waals surface area contributed by atoms with Crippen molar-refractivity contribution in [3.63, 3.8) is 0 Å². The molecule has 1 heteroatoms. The van der Waals surface area contributed by atoms with Crippen LogP contribution >= 0.6 is 0 Å². The zero-order chi connectivity index (χ0) is 8.39. The SMILES string of the molecule is CC1CCCC1C1CCNCC1. The summed E-state index contributed by atoms with van der Waals surface area (Å²) in [5.41, 5.74) is 0. The summed E-state index contributed by atoms with van der Waals surface area (Å²) in [6.07, 6.45) is 7.39. The highest BCUT2D eigenvalue weighted by molar-refractivity contribution is 4.83. The summed E-state index contributed by atoms with van der Waals surface area (Å²) in [6.45, 7) is 5.00. The van der Waals surface area contributed by atoms with Crippen LogP contribution in [0.15, 0.2) is 0 Å². The van der Waals surface area contributed by atoms with E-state index in [1.165, 1.54) is 45.2 Å². The summed E-state index contributed by atoms with van der Waals surface area (Å²) in [5.74, 6) is 3.16. The van der Waals surface area contributed by atoms with Crippen LogP contribution in [0.25, 0.3) is 0 Å². The molecule has 0 aromatic carbocycles. The van der Waals surface area contributed by atoms with Crippen LogP contribution in [0, 0.1) is 17.8 Å². The van der Waals surface area contributed by atoms with Gasteiger partial charge >= 0.3 is 0 Å². The lowest BCUT2D eigenvalue weighted by Gasteiger charge is -2.30. The molecular weight excluding hydrogens is 146 g/mol. The van der Waals surface area contributed by atoms with Crippen molar-refractivity contribution < 1.29 is 0 Å². The Morgan fingerprint density at radius 2 is 1.75 bits per heavy atom. The van der Waals surface area contributed by atoms with E-state index in [0.29, 0.717) is 0 Å². The van der Waals surface area contributed by atoms with Gasteiger partial charge in [-0.25, -0.2) is 0 Å². The molecule has 0 aromatic heterocycles. The Kier molecular flexibility index (Phi) is 2.69. The predicted octanol–water partition coefficient (Wildman–Crippen LogP) is 2.42. The molecule has 1 saturated heterocycles. The van der Waals surface area contributed by atoms with Crippen LogP contribution in [-0.2, 0) is 0 Å². The van der Waals surface area contributed by atoms with Gasteiger partial charge in [-0.15, -0.1) is 0 Å². The van der Waals surface area contributed by atoms with Crippen molar-refractivity contribution in [1.82, 2.24) is 5.32 Å². The van der Waals surface area contributed by atoms with E-state index >= 15 is 0 Å². The van der Waals surface area contributed by atoms with Crippen LogP contribution in [0.1, 0.15) is 39.0 Å². The van der Waals surface area contributed by atoms with Gasteiger partial charge < -0.3 is 5.32 Å². The molecule has 2 fully saturated rings. The molecule has 2 atom stereocenters. The molecule has 1 nitrogen and oxygen atoms in total. The predicted molar refractivity (Wildman–Crippen MR) is 52.1 cm³/mol. The van der Waals surface area contributed by atoms with Crippen LogP contribution in [0.2, 0.25) is 0 Å². The monoisotopic (exact) mass is 167 g/mol. The fourth-order valence-corrected chi connectivity index (χ4v) is 3.15. The van der Waals surface area contributed by atoms with E-state index in [1.807, 2.05) is 0 Å². The molecule has 0 amide bonds. The van der Waals surface area contributed by atoms with E-state index in [4.69, 9.17) is 0 Å². The van der Waals surface area contributed by atoms with Gasteiger partial charge in [0.15, 0.2) is 0 Å². The maximum atomic E-state index is 3.45. The van der Waals surface area contributed by atoms with Crippen molar-refractivity contribution in [3.05, 3.63) is 0 Å². The van der Waals surface area contributed by atoms with Gasteiger partial charge in [0.1, 0.15) is 0 Å². The highest BCUT2D eigenvalue weighted by Crippen LogP contribution is 2.39. The molecule has 1 heterocycles. The van der Waals surface area contributed by atoms with E-state index in [-0.39, 0.29) is 0 Å². The van der Waals surface area contributed by atoms with E-state index in [1.54, 1.807) is 0 Å². The molecule has 0 radical (unpaired) electrons. The minimum atomic E-state index is 1.02. The zero-order valence-corrected chi connectivity index (χ0v) is 8.18. The first-order valence-electron chi connectivity index (χ1n) is 5.58. The van der Waals surface area contributed by atoms with E-state index in [9.17, 15) is 0 Å². The maximum absolute atomic E-state index is 3.45. The third-order valence-corrected chi connectivity index (χ3v) is 3.92. The van der Waals surface area contributed by atoms with Gasteiger partial charge in [-0.05, 0) is 50.1 Å². The summed E-state index contributed by atoms with van der Waals surface area (Å²) in [6, 6.07) is 0. The van der Waals surface area contributed by atoms with Crippen molar-refractivity contribution >= 4 is 0 Å². The number of nitrogens with one attached hydrogen (secondary N) is 1. The quantitative estimate of drug-likeness (QED) is 0.632. The van der Waals surface area contributed by atoms with Gasteiger partial charge in [-0.1, -0.05) is 19.8 Å². The van der Waals surface area contributed by atoms with Gasteiger partial charge in [0.25, 0.3) is 0 Å². The number of hydrogen-bond donors (Lipinski definition) is 1. The van der Waals surface area contributed by atoms with Crippen LogP contribution in [0.3, 0.4) is 0 Å². The van der Waals surface area contributed by atoms with Gasteiger partial charge in [0.05, 0.1) is 0 Å². The Labute approximate surface area is 75.9 Å². The number of piperidine rings is 1. The lowest BCUT2D eigenvalue weighted by Crippen LogP contribution is -2.32. The average molecular weight is 167 g/mol. The molecule has 1 aliphatic carbocycles. The minimum Gasteiger partial charge on any atom is -0.317 e. The van der Waals surface area contributed by atoms with Crippen molar-refractivity contribution in [1.29, 1.82) is 0 Å². The number of rotatable bonds is 1. The third kappa shape index (κ3) is 1.66. The van der Waals surface area contributed by atoms with Crippen LogP contribution in [0.5, 0.6) is 0 Å². The Morgan fingerprint density at radius 3 is 2.33 bits per heavy atom. The summed E-state index contributed by atoms with van der Waals surface area (Å²) in [4.78, 5) is 0. The van der Waals surface area contributed by atoms with E-state index in [0.717, 1.165) is 17.8 Å². The lowest BCUT2D eigenvalue weighted by atomic mass is 9.79. The Balaban J connectivity index is 1.89. The molecule has 2 unspecified atom stereocenters. The maximum Gasteiger partial charge on any atom is -0.00462 e. The van der Waals surface area contributed by atoms with Crippen molar-refractivity contribution in [3.8, 4) is 0 Å². The van der Waals surface area contributed by atoms with Gasteiger partial charge in [0.2, 0.25) is 0 Å². The largest absolute Gasteiger partial charge is 0.317 e. The summed E-state index contributed by atoms with van der Waals surface area (Å²) >= 11 is 0. The molecule has 0 bridgehead atoms. The molecule has 0 aromatic rings. The second-order valence-electron chi connectivity index (χ2n) is 4.66. The van der Waals surface area contributed by atoms with Crippen LogP contribution in [-0.4, -0.2) is 13.1 Å². The summed E-state index contributed by atoms with van der Waals surface area (Å²) in [7, 11) is 0. The Morgan fingerprint density at radius 1 is 1.00 bits per heavy atom. The van der Waals surface area contributed by atoms with Crippen molar-refractivity contribution in [2.75, 3.05) is 13.1 Å². The van der Waals surface area contributed by atoms with E-state index < -0.39 is 0 Å². The highest BCUT2D eigenvalue weighted by atomic mass is 14.9. The third-order valence-electron chi connectivity index (χ3n) is 3.92. The van der Waals surface area contributed by atoms with Gasteiger partial charge in [0, 0.05) is 0 Å². The molecule has 2 aliphatic rings. The second kappa shape index (κ2) is 3.78. The molecule has 1 saturated carbocycles. The fraction of sp³-hybridized carbons (Fsp3) is 1.00.